The minimum Gasteiger partial charge on any atom is -0.378 e. The number of aryl methyl sites for hydroxylation is 2. The summed E-state index contributed by atoms with van der Waals surface area (Å²) in [4.78, 5) is 0.157. The van der Waals surface area contributed by atoms with Crippen molar-refractivity contribution < 1.29 is 12.6 Å². The standard InChI is InChI=1S/C26H31NO3S/c1-17(2)24-15-22(27-21-9-7-8-20(6)14-21)16-25(18(3)4)26(24)30-31(28,29)23-12-10-19(5)11-13-23/h7-18,27H,1-6H3. The summed E-state index contributed by atoms with van der Waals surface area (Å²) < 4.78 is 31.9. The van der Waals surface area contributed by atoms with Crippen molar-refractivity contribution in [2.24, 2.45) is 0 Å². The maximum Gasteiger partial charge on any atom is 0.339 e. The van der Waals surface area contributed by atoms with Crippen LogP contribution in [-0.2, 0) is 10.1 Å². The van der Waals surface area contributed by atoms with Crippen LogP contribution in [0.4, 0.5) is 11.4 Å². The second-order valence-corrected chi connectivity index (χ2v) is 10.2. The largest absolute Gasteiger partial charge is 0.378 e. The summed E-state index contributed by atoms with van der Waals surface area (Å²) in [5, 5.41) is 3.46. The van der Waals surface area contributed by atoms with Gasteiger partial charge < -0.3 is 9.50 Å². The van der Waals surface area contributed by atoms with Crippen LogP contribution < -0.4 is 9.50 Å². The van der Waals surface area contributed by atoms with E-state index in [0.29, 0.717) is 5.75 Å². The van der Waals surface area contributed by atoms with Gasteiger partial charge in [-0.2, -0.15) is 8.42 Å². The van der Waals surface area contributed by atoms with Crippen molar-refractivity contribution in [2.45, 2.75) is 58.3 Å². The van der Waals surface area contributed by atoms with Crippen LogP contribution in [0.25, 0.3) is 0 Å². The second-order valence-electron chi connectivity index (χ2n) is 8.64. The van der Waals surface area contributed by atoms with Gasteiger partial charge in [-0.25, -0.2) is 0 Å². The molecule has 0 aliphatic rings. The lowest BCUT2D eigenvalue weighted by Crippen LogP contribution is -2.14. The van der Waals surface area contributed by atoms with Crippen LogP contribution in [0, 0.1) is 13.8 Å². The number of hydrogen-bond acceptors (Lipinski definition) is 4. The van der Waals surface area contributed by atoms with Gasteiger partial charge in [0.1, 0.15) is 10.6 Å². The van der Waals surface area contributed by atoms with E-state index in [4.69, 9.17) is 4.18 Å². The van der Waals surface area contributed by atoms with Gasteiger partial charge in [0.2, 0.25) is 0 Å². The predicted octanol–water partition coefficient (Wildman–Crippen LogP) is 7.06. The summed E-state index contributed by atoms with van der Waals surface area (Å²) in [6, 6.07) is 18.9. The number of nitrogens with one attached hydrogen (secondary N) is 1. The third-order valence-corrected chi connectivity index (χ3v) is 6.44. The zero-order chi connectivity index (χ0) is 22.8. The molecule has 0 spiro atoms. The van der Waals surface area contributed by atoms with Gasteiger partial charge in [0, 0.05) is 22.5 Å². The van der Waals surface area contributed by atoms with E-state index >= 15 is 0 Å². The summed E-state index contributed by atoms with van der Waals surface area (Å²) in [6.45, 7) is 12.1. The Morgan fingerprint density at radius 1 is 0.742 bits per heavy atom. The lowest BCUT2D eigenvalue weighted by atomic mass is 9.93. The van der Waals surface area contributed by atoms with Crippen LogP contribution in [0.3, 0.4) is 0 Å². The molecule has 3 rings (SSSR count). The summed E-state index contributed by atoms with van der Waals surface area (Å²) >= 11 is 0. The van der Waals surface area contributed by atoms with Crippen LogP contribution in [0.5, 0.6) is 5.75 Å². The monoisotopic (exact) mass is 437 g/mol. The quantitative estimate of drug-likeness (QED) is 0.402. The van der Waals surface area contributed by atoms with E-state index in [9.17, 15) is 8.42 Å². The minimum atomic E-state index is -3.94. The molecule has 0 atom stereocenters. The highest BCUT2D eigenvalue weighted by Crippen LogP contribution is 2.39. The van der Waals surface area contributed by atoms with E-state index in [1.807, 2.05) is 58.9 Å². The fraction of sp³-hybridized carbons (Fsp3) is 0.308. The van der Waals surface area contributed by atoms with Crippen LogP contribution in [-0.4, -0.2) is 8.42 Å². The third-order valence-electron chi connectivity index (χ3n) is 5.20. The Morgan fingerprint density at radius 2 is 1.32 bits per heavy atom. The molecule has 3 aromatic carbocycles. The van der Waals surface area contributed by atoms with Crippen LogP contribution in [0.15, 0.2) is 65.6 Å². The third kappa shape index (κ3) is 5.47. The predicted molar refractivity (Wildman–Crippen MR) is 128 cm³/mol. The molecule has 0 unspecified atom stereocenters. The molecular weight excluding hydrogens is 406 g/mol. The smallest absolute Gasteiger partial charge is 0.339 e. The van der Waals surface area contributed by atoms with Crippen molar-refractivity contribution >= 4 is 21.5 Å². The minimum absolute atomic E-state index is 0.0833. The highest BCUT2D eigenvalue weighted by atomic mass is 32.2. The van der Waals surface area contributed by atoms with E-state index in [1.165, 1.54) is 5.56 Å². The molecular formula is C26H31NO3S. The molecule has 0 fully saturated rings. The lowest BCUT2D eigenvalue weighted by molar-refractivity contribution is 0.476. The molecule has 0 radical (unpaired) electrons. The summed E-state index contributed by atoms with van der Waals surface area (Å²) in [5.41, 5.74) is 5.79. The van der Waals surface area contributed by atoms with Crippen molar-refractivity contribution in [3.8, 4) is 5.75 Å². The molecule has 31 heavy (non-hydrogen) atoms. The average Bonchev–Trinajstić information content (AvgIpc) is 2.68. The average molecular weight is 438 g/mol. The Bertz CT molecular complexity index is 1130. The van der Waals surface area contributed by atoms with E-state index in [0.717, 1.165) is 28.1 Å². The molecule has 0 saturated heterocycles. The van der Waals surface area contributed by atoms with Gasteiger partial charge in [-0.05, 0) is 67.6 Å². The molecule has 3 aromatic rings. The van der Waals surface area contributed by atoms with Crippen LogP contribution >= 0.6 is 0 Å². The maximum absolute atomic E-state index is 13.0. The van der Waals surface area contributed by atoms with Crippen molar-refractivity contribution in [1.82, 2.24) is 0 Å². The molecule has 0 heterocycles. The van der Waals surface area contributed by atoms with Gasteiger partial charge in [0.25, 0.3) is 0 Å². The lowest BCUT2D eigenvalue weighted by Gasteiger charge is -2.22. The molecule has 0 saturated carbocycles. The number of anilines is 2. The highest BCUT2D eigenvalue weighted by Gasteiger charge is 2.24. The molecule has 1 N–H and O–H groups in total. The SMILES string of the molecule is Cc1ccc(S(=O)(=O)Oc2c(C(C)C)cc(Nc3cccc(C)c3)cc2C(C)C)cc1. The normalized spacial score (nSPS) is 11.7. The van der Waals surface area contributed by atoms with E-state index in [-0.39, 0.29) is 16.7 Å². The second kappa shape index (κ2) is 9.15. The molecule has 0 aliphatic heterocycles. The van der Waals surface area contributed by atoms with Crippen molar-refractivity contribution in [3.63, 3.8) is 0 Å². The van der Waals surface area contributed by atoms with E-state index in [2.05, 4.69) is 24.4 Å². The summed E-state index contributed by atoms with van der Waals surface area (Å²) in [5.74, 6) is 0.598. The first-order chi connectivity index (χ1) is 14.6. The van der Waals surface area contributed by atoms with Crippen molar-refractivity contribution in [1.29, 1.82) is 0 Å². The molecule has 0 amide bonds. The Kier molecular flexibility index (Phi) is 6.75. The van der Waals surface area contributed by atoms with Crippen molar-refractivity contribution in [3.05, 3.63) is 82.9 Å². The maximum atomic E-state index is 13.0. The van der Waals surface area contributed by atoms with Gasteiger partial charge in [-0.1, -0.05) is 57.5 Å². The molecule has 0 bridgehead atoms. The molecule has 5 heteroatoms. The highest BCUT2D eigenvalue weighted by molar-refractivity contribution is 7.87. The Hall–Kier alpha value is -2.79. The fourth-order valence-corrected chi connectivity index (χ4v) is 4.43. The van der Waals surface area contributed by atoms with Gasteiger partial charge in [-0.3, -0.25) is 0 Å². The number of hydrogen-bond donors (Lipinski definition) is 1. The molecule has 0 aromatic heterocycles. The van der Waals surface area contributed by atoms with Crippen LogP contribution in [0.1, 0.15) is 61.8 Å². The Balaban J connectivity index is 2.07. The zero-order valence-electron chi connectivity index (χ0n) is 19.1. The van der Waals surface area contributed by atoms with Crippen LogP contribution in [0.2, 0.25) is 0 Å². The first-order valence-electron chi connectivity index (χ1n) is 10.6. The van der Waals surface area contributed by atoms with Crippen molar-refractivity contribution in [2.75, 3.05) is 5.32 Å². The molecule has 164 valence electrons. The Morgan fingerprint density at radius 3 is 1.84 bits per heavy atom. The number of benzene rings is 3. The Labute approximate surface area is 186 Å². The van der Waals surface area contributed by atoms with Gasteiger partial charge in [0.15, 0.2) is 0 Å². The van der Waals surface area contributed by atoms with E-state index < -0.39 is 10.1 Å². The van der Waals surface area contributed by atoms with Gasteiger partial charge in [-0.15, -0.1) is 0 Å². The molecule has 0 aliphatic carbocycles. The van der Waals surface area contributed by atoms with E-state index in [1.54, 1.807) is 24.3 Å². The zero-order valence-corrected chi connectivity index (χ0v) is 19.9. The van der Waals surface area contributed by atoms with Gasteiger partial charge >= 0.3 is 10.1 Å². The summed E-state index contributed by atoms with van der Waals surface area (Å²) in [6.07, 6.45) is 0. The summed E-state index contributed by atoms with van der Waals surface area (Å²) in [7, 11) is -3.94. The topological polar surface area (TPSA) is 55.4 Å². The number of rotatable bonds is 7. The first-order valence-corrected chi connectivity index (χ1v) is 12.0. The molecule has 4 nitrogen and oxygen atoms in total. The fourth-order valence-electron chi connectivity index (χ4n) is 3.45. The first kappa shape index (κ1) is 22.9. The van der Waals surface area contributed by atoms with Gasteiger partial charge in [0.05, 0.1) is 0 Å².